The van der Waals surface area contributed by atoms with Gasteiger partial charge in [0.25, 0.3) is 0 Å². The molecule has 0 bridgehead atoms. The summed E-state index contributed by atoms with van der Waals surface area (Å²) in [4.78, 5) is 24.9. The first-order valence-electron chi connectivity index (χ1n) is 9.64. The van der Waals surface area contributed by atoms with Crippen molar-refractivity contribution in [3.05, 3.63) is 58.7 Å². The minimum Gasteiger partial charge on any atom is -0.492 e. The Hall–Kier alpha value is -2.86. The van der Waals surface area contributed by atoms with Gasteiger partial charge in [-0.2, -0.15) is 5.10 Å². The third kappa shape index (κ3) is 4.43. The fourth-order valence-electron chi connectivity index (χ4n) is 3.11. The first-order valence-corrected chi connectivity index (χ1v) is 10.0. The summed E-state index contributed by atoms with van der Waals surface area (Å²) >= 11 is 6.31. The van der Waals surface area contributed by atoms with E-state index in [4.69, 9.17) is 21.1 Å². The summed E-state index contributed by atoms with van der Waals surface area (Å²) in [7, 11) is 0. The zero-order valence-electron chi connectivity index (χ0n) is 16.1. The molecule has 1 saturated carbocycles. The summed E-state index contributed by atoms with van der Waals surface area (Å²) in [6.07, 6.45) is 4.18. The first kappa shape index (κ1) is 19.5. The van der Waals surface area contributed by atoms with Crippen LogP contribution in [-0.2, 0) is 11.3 Å². The van der Waals surface area contributed by atoms with Crippen LogP contribution in [0.3, 0.4) is 0 Å². The van der Waals surface area contributed by atoms with E-state index >= 15 is 0 Å². The molecular formula is C22H21ClN2O4. The van der Waals surface area contributed by atoms with Gasteiger partial charge < -0.3 is 9.47 Å². The van der Waals surface area contributed by atoms with Crippen molar-refractivity contribution in [2.24, 2.45) is 5.92 Å². The second-order valence-electron chi connectivity index (χ2n) is 7.11. The minimum atomic E-state index is -0.508. The molecule has 0 aliphatic heterocycles. The summed E-state index contributed by atoms with van der Waals surface area (Å²) in [6.45, 7) is 2.65. The molecule has 150 valence electrons. The number of esters is 1. The van der Waals surface area contributed by atoms with E-state index < -0.39 is 5.97 Å². The largest absolute Gasteiger partial charge is 0.492 e. The lowest BCUT2D eigenvalue weighted by molar-refractivity contribution is 0.0523. The van der Waals surface area contributed by atoms with Crippen molar-refractivity contribution in [3.63, 3.8) is 0 Å². The fourth-order valence-corrected chi connectivity index (χ4v) is 3.32. The first-order chi connectivity index (χ1) is 14.0. The van der Waals surface area contributed by atoms with Gasteiger partial charge in [0.15, 0.2) is 5.78 Å². The average Bonchev–Trinajstić information content (AvgIpc) is 3.46. The van der Waals surface area contributed by atoms with Crippen molar-refractivity contribution in [2.75, 3.05) is 13.2 Å². The Bertz CT molecular complexity index is 1070. The number of hydrogen-bond acceptors (Lipinski definition) is 5. The van der Waals surface area contributed by atoms with Gasteiger partial charge in [-0.3, -0.25) is 9.48 Å². The smallest absolute Gasteiger partial charge is 0.338 e. The predicted octanol–water partition coefficient (Wildman–Crippen LogP) is 4.54. The van der Waals surface area contributed by atoms with Crippen molar-refractivity contribution in [3.8, 4) is 5.75 Å². The third-order valence-electron chi connectivity index (χ3n) is 4.81. The number of nitrogens with zero attached hydrogens (tertiary/aromatic N) is 2. The van der Waals surface area contributed by atoms with E-state index in [9.17, 15) is 9.59 Å². The lowest BCUT2D eigenvalue weighted by Gasteiger charge is -2.08. The Morgan fingerprint density at radius 2 is 1.97 bits per heavy atom. The number of aromatic nitrogens is 2. The molecule has 0 spiro atoms. The van der Waals surface area contributed by atoms with Crippen LogP contribution in [0.4, 0.5) is 0 Å². The molecule has 0 saturated heterocycles. The maximum atomic E-state index is 12.8. The molecule has 6 nitrogen and oxygen atoms in total. The predicted molar refractivity (Wildman–Crippen MR) is 110 cm³/mol. The van der Waals surface area contributed by atoms with E-state index in [-0.39, 0.29) is 24.5 Å². The number of fused-ring (bicyclic) bond motifs is 1. The Morgan fingerprint density at radius 3 is 2.69 bits per heavy atom. The van der Waals surface area contributed by atoms with Gasteiger partial charge in [-0.25, -0.2) is 4.79 Å². The average molecular weight is 413 g/mol. The molecule has 1 aliphatic carbocycles. The van der Waals surface area contributed by atoms with Crippen molar-refractivity contribution in [2.45, 2.75) is 26.3 Å². The third-order valence-corrected chi connectivity index (χ3v) is 5.10. The number of hydrogen-bond donors (Lipinski definition) is 0. The van der Waals surface area contributed by atoms with Crippen LogP contribution >= 0.6 is 11.6 Å². The summed E-state index contributed by atoms with van der Waals surface area (Å²) in [5.41, 5.74) is 1.26. The van der Waals surface area contributed by atoms with Crippen molar-refractivity contribution in [1.29, 1.82) is 0 Å². The van der Waals surface area contributed by atoms with Crippen LogP contribution in [0, 0.1) is 5.92 Å². The number of ether oxygens (including phenoxy) is 2. The van der Waals surface area contributed by atoms with Crippen LogP contribution in [0.15, 0.2) is 42.6 Å². The van der Waals surface area contributed by atoms with Crippen LogP contribution in [0.5, 0.6) is 5.75 Å². The van der Waals surface area contributed by atoms with Crippen LogP contribution in [0.2, 0.25) is 5.02 Å². The molecule has 1 heterocycles. The molecule has 3 aromatic rings. The molecule has 2 aromatic carbocycles. The van der Waals surface area contributed by atoms with Crippen molar-refractivity contribution < 1.29 is 19.1 Å². The topological polar surface area (TPSA) is 70.4 Å². The van der Waals surface area contributed by atoms with E-state index in [1.165, 1.54) is 12.8 Å². The van der Waals surface area contributed by atoms with Crippen LogP contribution < -0.4 is 4.74 Å². The van der Waals surface area contributed by atoms with Gasteiger partial charge in [-0.15, -0.1) is 0 Å². The highest BCUT2D eigenvalue weighted by molar-refractivity contribution is 6.32. The van der Waals surface area contributed by atoms with E-state index in [1.54, 1.807) is 48.1 Å². The lowest BCUT2D eigenvalue weighted by Crippen LogP contribution is -2.16. The summed E-state index contributed by atoms with van der Waals surface area (Å²) in [5.74, 6) is 0.523. The molecule has 29 heavy (non-hydrogen) atoms. The summed E-state index contributed by atoms with van der Waals surface area (Å²) in [5, 5.41) is 5.78. The molecule has 4 rings (SSSR count). The normalized spacial score (nSPS) is 13.4. The Balaban J connectivity index is 1.54. The number of carbonyl (C=O) groups is 2. The molecule has 1 fully saturated rings. The van der Waals surface area contributed by atoms with Gasteiger partial charge in [0.1, 0.15) is 12.3 Å². The van der Waals surface area contributed by atoms with Crippen molar-refractivity contribution >= 4 is 34.3 Å². The summed E-state index contributed by atoms with van der Waals surface area (Å²) in [6, 6.07) is 10.2. The van der Waals surface area contributed by atoms with E-state index in [0.717, 1.165) is 5.39 Å². The molecule has 1 aromatic heterocycles. The number of halogens is 1. The Kier molecular flexibility index (Phi) is 5.53. The van der Waals surface area contributed by atoms with Gasteiger partial charge in [0.2, 0.25) is 0 Å². The highest BCUT2D eigenvalue weighted by atomic mass is 35.5. The number of rotatable bonds is 8. The standard InChI is InChI=1S/C22H21ClN2O4/c1-2-28-22(27)17-6-4-3-5-16(17)20(26)12-25-11-15-9-21(29-13-14-7-8-14)18(23)10-19(15)24-25/h3-6,9-11,14H,2,7-8,12-13H2,1H3. The SMILES string of the molecule is CCOC(=O)c1ccccc1C(=O)Cn1cc2cc(OCC3CC3)c(Cl)cc2n1. The molecule has 1 aliphatic rings. The van der Waals surface area contributed by atoms with Gasteiger partial charge in [0, 0.05) is 17.1 Å². The Labute approximate surface area is 173 Å². The summed E-state index contributed by atoms with van der Waals surface area (Å²) < 4.78 is 12.4. The molecular weight excluding hydrogens is 392 g/mol. The van der Waals surface area contributed by atoms with Crippen LogP contribution in [0.1, 0.15) is 40.5 Å². The second kappa shape index (κ2) is 8.25. The zero-order chi connectivity index (χ0) is 20.4. The zero-order valence-corrected chi connectivity index (χ0v) is 16.8. The molecule has 0 atom stereocenters. The quantitative estimate of drug-likeness (QED) is 0.401. The van der Waals surface area contributed by atoms with Gasteiger partial charge in [0.05, 0.1) is 29.3 Å². The van der Waals surface area contributed by atoms with Crippen molar-refractivity contribution in [1.82, 2.24) is 9.78 Å². The van der Waals surface area contributed by atoms with Gasteiger partial charge in [-0.1, -0.05) is 29.8 Å². The fraction of sp³-hybridized carbons (Fsp3) is 0.318. The van der Waals surface area contributed by atoms with E-state index in [0.29, 0.717) is 34.4 Å². The molecule has 0 amide bonds. The number of carbonyl (C=O) groups excluding carboxylic acids is 2. The minimum absolute atomic E-state index is 0.000974. The number of benzene rings is 2. The maximum Gasteiger partial charge on any atom is 0.338 e. The Morgan fingerprint density at radius 1 is 1.21 bits per heavy atom. The monoisotopic (exact) mass is 412 g/mol. The molecule has 0 radical (unpaired) electrons. The number of ketones is 1. The molecule has 0 N–H and O–H groups in total. The van der Waals surface area contributed by atoms with E-state index in [2.05, 4.69) is 5.10 Å². The van der Waals surface area contributed by atoms with Gasteiger partial charge >= 0.3 is 5.97 Å². The lowest BCUT2D eigenvalue weighted by atomic mass is 10.0. The van der Waals surface area contributed by atoms with E-state index in [1.807, 2.05) is 6.07 Å². The highest BCUT2D eigenvalue weighted by Gasteiger charge is 2.23. The molecule has 7 heteroatoms. The number of Topliss-reactive ketones (excluding diaryl/α,β-unsaturated/α-hetero) is 1. The van der Waals surface area contributed by atoms with Gasteiger partial charge in [-0.05, 0) is 43.9 Å². The van der Waals surface area contributed by atoms with Crippen LogP contribution in [-0.4, -0.2) is 34.7 Å². The molecule has 0 unspecified atom stereocenters. The second-order valence-corrected chi connectivity index (χ2v) is 7.52. The maximum absolute atomic E-state index is 12.8. The highest BCUT2D eigenvalue weighted by Crippen LogP contribution is 2.33. The van der Waals surface area contributed by atoms with Crippen LogP contribution in [0.25, 0.3) is 10.9 Å².